The van der Waals surface area contributed by atoms with E-state index < -0.39 is 8.32 Å². The van der Waals surface area contributed by atoms with E-state index in [9.17, 15) is 9.59 Å². The molecule has 21 heavy (non-hydrogen) atoms. The molecule has 0 saturated heterocycles. The van der Waals surface area contributed by atoms with E-state index >= 15 is 0 Å². The predicted octanol–water partition coefficient (Wildman–Crippen LogP) is 3.95. The van der Waals surface area contributed by atoms with Gasteiger partial charge < -0.3 is 14.0 Å². The molecule has 0 spiro atoms. The summed E-state index contributed by atoms with van der Waals surface area (Å²) in [5, 5.41) is 0.220. The van der Waals surface area contributed by atoms with Gasteiger partial charge in [-0.2, -0.15) is 0 Å². The molecule has 0 amide bonds. The first-order valence-electron chi connectivity index (χ1n) is 7.80. The van der Waals surface area contributed by atoms with Crippen molar-refractivity contribution >= 4 is 20.6 Å². The minimum atomic E-state index is -1.68. The molecule has 0 aliphatic carbocycles. The van der Waals surface area contributed by atoms with Crippen LogP contribution in [0.15, 0.2) is 0 Å². The van der Waals surface area contributed by atoms with E-state index in [2.05, 4.69) is 38.6 Å². The first-order valence-corrected chi connectivity index (χ1v) is 10.7. The highest BCUT2D eigenvalue weighted by Crippen LogP contribution is 2.36. The number of methoxy groups -OCH3 is 1. The van der Waals surface area contributed by atoms with Gasteiger partial charge in [-0.05, 0) is 43.8 Å². The third kappa shape index (κ3) is 8.36. The Kier molecular flexibility index (Phi) is 9.05. The summed E-state index contributed by atoms with van der Waals surface area (Å²) in [5.74, 6) is -0.182. The first kappa shape index (κ1) is 20.3. The number of aldehydes is 1. The largest absolute Gasteiger partial charge is 0.469 e. The molecule has 0 saturated carbocycles. The van der Waals surface area contributed by atoms with Crippen LogP contribution in [0.5, 0.6) is 0 Å². The van der Waals surface area contributed by atoms with Crippen LogP contribution < -0.4 is 0 Å². The zero-order valence-electron chi connectivity index (χ0n) is 14.5. The Balaban J connectivity index is 3.92. The summed E-state index contributed by atoms with van der Waals surface area (Å²) in [6.07, 6.45) is 4.58. The molecular formula is C16H32O4Si. The lowest BCUT2D eigenvalue weighted by Crippen LogP contribution is -2.41. The average molecular weight is 317 g/mol. The first-order chi connectivity index (χ1) is 9.64. The fourth-order valence-corrected chi connectivity index (χ4v) is 2.87. The second-order valence-electron chi connectivity index (χ2n) is 7.12. The predicted molar refractivity (Wildman–Crippen MR) is 87.8 cm³/mol. The number of hydrogen-bond donors (Lipinski definition) is 0. The van der Waals surface area contributed by atoms with Gasteiger partial charge in [0.05, 0.1) is 7.11 Å². The molecule has 0 rings (SSSR count). The summed E-state index contributed by atoms with van der Waals surface area (Å²) < 4.78 is 10.7. The van der Waals surface area contributed by atoms with E-state index in [1.54, 1.807) is 0 Å². The van der Waals surface area contributed by atoms with Crippen molar-refractivity contribution in [2.75, 3.05) is 13.7 Å². The number of hydrogen-bond acceptors (Lipinski definition) is 4. The summed E-state index contributed by atoms with van der Waals surface area (Å²) in [6, 6.07) is 0. The van der Waals surface area contributed by atoms with Gasteiger partial charge in [-0.25, -0.2) is 0 Å². The molecule has 0 heterocycles. The van der Waals surface area contributed by atoms with Crippen molar-refractivity contribution in [3.05, 3.63) is 0 Å². The highest BCUT2D eigenvalue weighted by molar-refractivity contribution is 6.74. The maximum atomic E-state index is 11.1. The Morgan fingerprint density at radius 3 is 2.24 bits per heavy atom. The van der Waals surface area contributed by atoms with Gasteiger partial charge in [-0.3, -0.25) is 4.79 Å². The zero-order chi connectivity index (χ0) is 16.5. The van der Waals surface area contributed by atoms with Gasteiger partial charge >= 0.3 is 5.97 Å². The highest BCUT2D eigenvalue weighted by atomic mass is 28.4. The fourth-order valence-electron chi connectivity index (χ4n) is 1.78. The monoisotopic (exact) mass is 316 g/mol. The van der Waals surface area contributed by atoms with Crippen molar-refractivity contribution in [1.82, 2.24) is 0 Å². The van der Waals surface area contributed by atoms with Crippen LogP contribution in [0.4, 0.5) is 0 Å². The number of rotatable bonds is 10. The summed E-state index contributed by atoms with van der Waals surface area (Å²) in [4.78, 5) is 22.1. The zero-order valence-corrected chi connectivity index (χ0v) is 15.5. The SMILES string of the molecule is COC(=O)CCC[C@@H](C=O)CCCO[Si](C)(C)C(C)(C)C. The normalized spacial score (nSPS) is 13.8. The minimum Gasteiger partial charge on any atom is -0.469 e. The molecular weight excluding hydrogens is 284 g/mol. The van der Waals surface area contributed by atoms with E-state index in [0.717, 1.165) is 32.2 Å². The molecule has 1 atom stereocenters. The third-order valence-electron chi connectivity index (χ3n) is 4.36. The average Bonchev–Trinajstić information content (AvgIpc) is 2.39. The molecule has 0 aliphatic heterocycles. The van der Waals surface area contributed by atoms with Crippen LogP contribution in [0.1, 0.15) is 52.9 Å². The van der Waals surface area contributed by atoms with Crippen molar-refractivity contribution in [3.8, 4) is 0 Å². The molecule has 0 aliphatic rings. The van der Waals surface area contributed by atoms with Crippen LogP contribution in [-0.4, -0.2) is 34.3 Å². The van der Waals surface area contributed by atoms with E-state index in [1.165, 1.54) is 7.11 Å². The van der Waals surface area contributed by atoms with Crippen molar-refractivity contribution < 1.29 is 18.8 Å². The summed E-state index contributed by atoms with van der Waals surface area (Å²) in [5.41, 5.74) is 0. The number of carbonyl (C=O) groups is 2. The van der Waals surface area contributed by atoms with Crippen molar-refractivity contribution in [2.45, 2.75) is 71.0 Å². The second kappa shape index (κ2) is 9.36. The van der Waals surface area contributed by atoms with Gasteiger partial charge in [0, 0.05) is 18.9 Å². The molecule has 0 bridgehead atoms. The number of ether oxygens (including phenoxy) is 1. The molecule has 0 aromatic carbocycles. The number of carbonyl (C=O) groups excluding carboxylic acids is 2. The Labute approximate surface area is 130 Å². The molecule has 5 heteroatoms. The molecule has 0 aromatic rings. The van der Waals surface area contributed by atoms with Crippen LogP contribution in [0.25, 0.3) is 0 Å². The maximum absolute atomic E-state index is 11.1. The Hall–Kier alpha value is -0.683. The maximum Gasteiger partial charge on any atom is 0.305 e. The highest BCUT2D eigenvalue weighted by Gasteiger charge is 2.36. The Morgan fingerprint density at radius 2 is 1.76 bits per heavy atom. The van der Waals surface area contributed by atoms with Crippen molar-refractivity contribution in [1.29, 1.82) is 0 Å². The Bertz CT molecular complexity index is 321. The van der Waals surface area contributed by atoms with E-state index in [1.807, 2.05) is 0 Å². The lowest BCUT2D eigenvalue weighted by Gasteiger charge is -2.36. The van der Waals surface area contributed by atoms with E-state index in [4.69, 9.17) is 4.43 Å². The van der Waals surface area contributed by atoms with Gasteiger partial charge in [-0.1, -0.05) is 20.8 Å². The number of esters is 1. The minimum absolute atomic E-state index is 0.0256. The summed E-state index contributed by atoms with van der Waals surface area (Å²) in [7, 11) is -0.295. The lowest BCUT2D eigenvalue weighted by atomic mass is 9.98. The molecule has 0 unspecified atom stereocenters. The molecule has 0 fully saturated rings. The standard InChI is InChI=1S/C16H32O4Si/c1-16(2,3)21(5,6)20-12-8-10-14(13-17)9-7-11-15(18)19-4/h13-14H,7-12H2,1-6H3/t14-/m1/s1. The fraction of sp³-hybridized carbons (Fsp3) is 0.875. The molecule has 124 valence electrons. The molecule has 0 N–H and O–H groups in total. The van der Waals surface area contributed by atoms with Crippen LogP contribution in [0.3, 0.4) is 0 Å². The van der Waals surface area contributed by atoms with Gasteiger partial charge in [0.25, 0.3) is 0 Å². The third-order valence-corrected chi connectivity index (χ3v) is 8.90. The molecule has 4 nitrogen and oxygen atoms in total. The summed E-state index contributed by atoms with van der Waals surface area (Å²) in [6.45, 7) is 11.9. The van der Waals surface area contributed by atoms with Crippen LogP contribution in [0.2, 0.25) is 18.1 Å². The van der Waals surface area contributed by atoms with Gasteiger partial charge in [-0.15, -0.1) is 0 Å². The van der Waals surface area contributed by atoms with E-state index in [0.29, 0.717) is 12.8 Å². The summed E-state index contributed by atoms with van der Waals surface area (Å²) >= 11 is 0. The van der Waals surface area contributed by atoms with Crippen molar-refractivity contribution in [3.63, 3.8) is 0 Å². The Morgan fingerprint density at radius 1 is 1.19 bits per heavy atom. The van der Waals surface area contributed by atoms with Crippen LogP contribution >= 0.6 is 0 Å². The smallest absolute Gasteiger partial charge is 0.305 e. The quantitative estimate of drug-likeness (QED) is 0.265. The topological polar surface area (TPSA) is 52.6 Å². The molecule has 0 aromatic heterocycles. The van der Waals surface area contributed by atoms with Gasteiger partial charge in [0.1, 0.15) is 6.29 Å². The van der Waals surface area contributed by atoms with E-state index in [-0.39, 0.29) is 16.9 Å². The lowest BCUT2D eigenvalue weighted by molar-refractivity contribution is -0.140. The van der Waals surface area contributed by atoms with Crippen molar-refractivity contribution in [2.24, 2.45) is 5.92 Å². The van der Waals surface area contributed by atoms with Gasteiger partial charge in [0.15, 0.2) is 8.32 Å². The van der Waals surface area contributed by atoms with Crippen LogP contribution in [0, 0.1) is 5.92 Å². The van der Waals surface area contributed by atoms with Gasteiger partial charge in [0.2, 0.25) is 0 Å². The van der Waals surface area contributed by atoms with Crippen LogP contribution in [-0.2, 0) is 18.8 Å². The second-order valence-corrected chi connectivity index (χ2v) is 11.9. The molecule has 0 radical (unpaired) electrons.